The number of anilines is 1. The zero-order valence-corrected chi connectivity index (χ0v) is 20.4. The Kier molecular flexibility index (Phi) is 5.93. The third-order valence-electron chi connectivity index (χ3n) is 6.46. The molecule has 2 atom stereocenters. The number of amides is 3. The molecule has 5 aromatic rings. The smallest absolute Gasteiger partial charge is 0.352 e. The molecule has 16 nitrogen and oxygen atoms in total. The predicted octanol–water partition coefficient (Wildman–Crippen LogP) is -0.704. The maximum Gasteiger partial charge on any atom is 0.352 e. The lowest BCUT2D eigenvalue weighted by Crippen LogP contribution is -2.45. The molecule has 5 heterocycles. The van der Waals surface area contributed by atoms with Crippen LogP contribution in [0.4, 0.5) is 10.3 Å². The van der Waals surface area contributed by atoms with Crippen LogP contribution in [-0.4, -0.2) is 85.9 Å². The number of aromatic amines is 1. The molecular weight excluding hydrogens is 527 g/mol. The van der Waals surface area contributed by atoms with Gasteiger partial charge in [0.05, 0.1) is 24.5 Å². The second-order valence-electron chi connectivity index (χ2n) is 8.98. The molecule has 2 unspecified atom stereocenters. The molecule has 1 fully saturated rings. The Morgan fingerprint density at radius 3 is 2.80 bits per heavy atom. The summed E-state index contributed by atoms with van der Waals surface area (Å²) in [7, 11) is 0. The molecule has 1 saturated heterocycles. The highest BCUT2D eigenvalue weighted by molar-refractivity contribution is 6.05. The molecule has 202 valence electrons. The zero-order valence-electron chi connectivity index (χ0n) is 20.4. The Labute approximate surface area is 222 Å². The Bertz CT molecular complexity index is 1850. The van der Waals surface area contributed by atoms with Crippen LogP contribution in [0.2, 0.25) is 0 Å². The summed E-state index contributed by atoms with van der Waals surface area (Å²) in [6.45, 7) is -0.720. The van der Waals surface area contributed by atoms with E-state index >= 15 is 0 Å². The minimum atomic E-state index is -1.46. The highest BCUT2D eigenvalue weighted by atomic mass is 19.1. The minimum absolute atomic E-state index is 0.0512. The summed E-state index contributed by atoms with van der Waals surface area (Å²) >= 11 is 0. The van der Waals surface area contributed by atoms with Crippen LogP contribution in [0.3, 0.4) is 0 Å². The van der Waals surface area contributed by atoms with E-state index < -0.39 is 42.2 Å². The van der Waals surface area contributed by atoms with Crippen LogP contribution in [0, 0.1) is 0 Å². The normalized spacial score (nSPS) is 17.0. The van der Waals surface area contributed by atoms with Crippen LogP contribution < -0.4 is 16.7 Å². The Morgan fingerprint density at radius 2 is 2.02 bits per heavy atom. The van der Waals surface area contributed by atoms with Gasteiger partial charge in [0, 0.05) is 17.4 Å². The molecule has 4 N–H and O–H groups in total. The van der Waals surface area contributed by atoms with E-state index in [0.717, 1.165) is 26.9 Å². The summed E-state index contributed by atoms with van der Waals surface area (Å²) in [6.07, 6.45) is 2.48. The molecule has 6 rings (SSSR count). The first-order chi connectivity index (χ1) is 19.3. The summed E-state index contributed by atoms with van der Waals surface area (Å²) in [5, 5.41) is 18.3. The Morgan fingerprint density at radius 1 is 1.18 bits per heavy atom. The number of carbonyl (C=O) groups excluding carboxylic acids is 3. The van der Waals surface area contributed by atoms with Crippen molar-refractivity contribution in [2.45, 2.75) is 25.2 Å². The third kappa shape index (κ3) is 4.38. The van der Waals surface area contributed by atoms with Crippen molar-refractivity contribution in [1.82, 2.24) is 49.4 Å². The lowest BCUT2D eigenvalue weighted by molar-refractivity contribution is -0.137. The number of hydrogen-bond donors (Lipinski definition) is 3. The number of primary amides is 1. The van der Waals surface area contributed by atoms with Crippen LogP contribution in [-0.2, 0) is 16.1 Å². The number of likely N-dealkylation sites (tertiary alicyclic amines) is 1. The van der Waals surface area contributed by atoms with Crippen molar-refractivity contribution in [3.8, 4) is 11.1 Å². The molecule has 1 aromatic carbocycles. The van der Waals surface area contributed by atoms with E-state index in [1.807, 2.05) is 0 Å². The van der Waals surface area contributed by atoms with Gasteiger partial charge in [-0.2, -0.15) is 25.3 Å². The van der Waals surface area contributed by atoms with E-state index in [4.69, 9.17) is 5.73 Å². The second-order valence-corrected chi connectivity index (χ2v) is 8.98. The lowest BCUT2D eigenvalue weighted by atomic mass is 10.0. The van der Waals surface area contributed by atoms with Crippen molar-refractivity contribution in [2.24, 2.45) is 5.73 Å². The van der Waals surface area contributed by atoms with Crippen LogP contribution >= 0.6 is 0 Å². The molecule has 40 heavy (non-hydrogen) atoms. The van der Waals surface area contributed by atoms with Gasteiger partial charge >= 0.3 is 5.69 Å². The summed E-state index contributed by atoms with van der Waals surface area (Å²) in [6, 6.07) is 5.69. The predicted molar refractivity (Wildman–Crippen MR) is 134 cm³/mol. The molecule has 3 amide bonds. The average Bonchev–Trinajstić information content (AvgIpc) is 3.66. The lowest BCUT2D eigenvalue weighted by Gasteiger charge is -2.23. The van der Waals surface area contributed by atoms with Gasteiger partial charge in [0.1, 0.15) is 25.1 Å². The number of nitrogens with two attached hydrogens (primary N) is 1. The van der Waals surface area contributed by atoms with Gasteiger partial charge in [0.25, 0.3) is 11.7 Å². The van der Waals surface area contributed by atoms with Crippen LogP contribution in [0.5, 0.6) is 0 Å². The second kappa shape index (κ2) is 9.61. The van der Waals surface area contributed by atoms with Gasteiger partial charge in [-0.05, 0) is 23.8 Å². The highest BCUT2D eigenvalue weighted by Crippen LogP contribution is 2.27. The molecule has 0 radical (unpaired) electrons. The van der Waals surface area contributed by atoms with Crippen molar-refractivity contribution in [1.29, 1.82) is 0 Å². The summed E-state index contributed by atoms with van der Waals surface area (Å²) < 4.78 is 16.6. The first-order valence-electron chi connectivity index (χ1n) is 11.9. The van der Waals surface area contributed by atoms with Gasteiger partial charge in [-0.3, -0.25) is 29.4 Å². The van der Waals surface area contributed by atoms with Gasteiger partial charge < -0.3 is 10.6 Å². The van der Waals surface area contributed by atoms with Crippen LogP contribution in [0.1, 0.15) is 16.9 Å². The van der Waals surface area contributed by atoms with Crippen molar-refractivity contribution in [2.75, 3.05) is 11.9 Å². The van der Waals surface area contributed by atoms with Crippen LogP contribution in [0.15, 0.2) is 47.8 Å². The van der Waals surface area contributed by atoms with E-state index in [0.29, 0.717) is 10.9 Å². The number of H-pyrrole nitrogens is 1. The number of hydrogen-bond acceptors (Lipinski definition) is 10. The van der Waals surface area contributed by atoms with Crippen molar-refractivity contribution in [3.05, 3.63) is 59.2 Å². The summed E-state index contributed by atoms with van der Waals surface area (Å²) in [5.74, 6) is -2.44. The average molecular weight is 546 g/mol. The minimum Gasteiger partial charge on any atom is -0.364 e. The van der Waals surface area contributed by atoms with E-state index in [-0.39, 0.29) is 30.4 Å². The Hall–Kier alpha value is -5.61. The number of rotatable bonds is 6. The molecule has 1 aliphatic heterocycles. The standard InChI is InChI=1S/C23H19FN12O4/c24-13-6-16(20(39)30-21-31-22-26-10-29-36(22)23(40)32-21)34(8-13)17(37)9-35-15-2-1-11(12-3-4-27-28-7-12)5-14(15)18(33-35)19(25)38/h1-5,7,10,13,16H,6,8-9H2,(H2,25,38)(H2,26,29,30,31,32,39,40). The van der Waals surface area contributed by atoms with Crippen molar-refractivity contribution in [3.63, 3.8) is 0 Å². The number of carbonyl (C=O) groups is 3. The number of nitrogens with one attached hydrogen (secondary N) is 2. The topological polar surface area (TPSA) is 212 Å². The maximum absolute atomic E-state index is 14.5. The van der Waals surface area contributed by atoms with Gasteiger partial charge in [-0.1, -0.05) is 6.07 Å². The number of alkyl halides is 1. The highest BCUT2D eigenvalue weighted by Gasteiger charge is 2.40. The van der Waals surface area contributed by atoms with E-state index in [1.54, 1.807) is 30.5 Å². The maximum atomic E-state index is 14.5. The first kappa shape index (κ1) is 24.7. The molecule has 0 bridgehead atoms. The quantitative estimate of drug-likeness (QED) is 0.243. The largest absolute Gasteiger partial charge is 0.364 e. The number of benzene rings is 1. The summed E-state index contributed by atoms with van der Waals surface area (Å²) in [4.78, 5) is 61.8. The SMILES string of the molecule is NC(=O)c1nn(CC(=O)N2CC(F)CC2C(=O)Nc2nc3ncnn3c(=O)[nH]2)c2ccc(-c3ccnnc3)cc12. The Balaban J connectivity index is 1.26. The van der Waals surface area contributed by atoms with E-state index in [9.17, 15) is 23.6 Å². The molecule has 0 spiro atoms. The van der Waals surface area contributed by atoms with Gasteiger partial charge in [0.15, 0.2) is 5.69 Å². The van der Waals surface area contributed by atoms with Gasteiger partial charge in [0.2, 0.25) is 17.8 Å². The van der Waals surface area contributed by atoms with Crippen molar-refractivity contribution < 1.29 is 18.8 Å². The van der Waals surface area contributed by atoms with E-state index in [1.165, 1.54) is 10.9 Å². The van der Waals surface area contributed by atoms with Gasteiger partial charge in [-0.25, -0.2) is 9.18 Å². The van der Waals surface area contributed by atoms with Crippen molar-refractivity contribution >= 4 is 40.4 Å². The zero-order chi connectivity index (χ0) is 28.0. The first-order valence-corrected chi connectivity index (χ1v) is 11.9. The number of halogens is 1. The number of aromatic nitrogens is 9. The fraction of sp³-hybridized carbons (Fsp3) is 0.217. The molecule has 0 saturated carbocycles. The molecule has 1 aliphatic rings. The number of nitrogens with zero attached hydrogens (tertiary/aromatic N) is 9. The van der Waals surface area contributed by atoms with E-state index in [2.05, 4.69) is 40.7 Å². The van der Waals surface area contributed by atoms with Crippen LogP contribution in [0.25, 0.3) is 27.8 Å². The van der Waals surface area contributed by atoms with Gasteiger partial charge in [-0.15, -0.1) is 9.61 Å². The fourth-order valence-electron chi connectivity index (χ4n) is 4.65. The molecule has 17 heteroatoms. The third-order valence-corrected chi connectivity index (χ3v) is 6.46. The molecule has 0 aliphatic carbocycles. The monoisotopic (exact) mass is 546 g/mol. The molecule has 4 aromatic heterocycles. The fourth-order valence-corrected chi connectivity index (χ4v) is 4.65. The summed E-state index contributed by atoms with van der Waals surface area (Å²) in [5.41, 5.74) is 6.71. The number of fused-ring (bicyclic) bond motifs is 2. The molecular formula is C23H19FN12O4.